The van der Waals surface area contributed by atoms with Gasteiger partial charge in [0.25, 0.3) is 5.56 Å². The zero-order chi connectivity index (χ0) is 20.0. The van der Waals surface area contributed by atoms with E-state index in [4.69, 9.17) is 11.6 Å². The average molecular weight is 412 g/mol. The normalized spacial score (nSPS) is 12.6. The Hall–Kier alpha value is -2.11. The summed E-state index contributed by atoms with van der Waals surface area (Å²) in [6.07, 6.45) is -4.90. The van der Waals surface area contributed by atoms with Crippen molar-refractivity contribution in [2.75, 3.05) is 14.1 Å². The molecule has 0 amide bonds. The second-order valence-electron chi connectivity index (χ2n) is 5.44. The van der Waals surface area contributed by atoms with Gasteiger partial charge >= 0.3 is 11.9 Å². The van der Waals surface area contributed by atoms with Gasteiger partial charge in [-0.1, -0.05) is 11.6 Å². The highest BCUT2D eigenvalue weighted by Gasteiger charge is 2.35. The molecule has 0 aliphatic heterocycles. The SMILES string of the molecule is CN(C)S(=O)(=O)c1cc(-n2c(=O)cc(C(F)(F)F)n(C)c2=O)ccc1Cl. The lowest BCUT2D eigenvalue weighted by Gasteiger charge is -2.16. The molecule has 1 aromatic heterocycles. The van der Waals surface area contributed by atoms with Gasteiger partial charge in [0, 0.05) is 27.2 Å². The van der Waals surface area contributed by atoms with E-state index in [1.54, 1.807) is 0 Å². The Bertz CT molecular complexity index is 1090. The fourth-order valence-electron chi connectivity index (χ4n) is 2.16. The number of halogens is 4. The Kier molecular flexibility index (Phi) is 5.10. The van der Waals surface area contributed by atoms with Gasteiger partial charge < -0.3 is 0 Å². The maximum Gasteiger partial charge on any atom is 0.431 e. The molecule has 0 radical (unpaired) electrons. The van der Waals surface area contributed by atoms with Crippen molar-refractivity contribution in [3.05, 3.63) is 55.8 Å². The van der Waals surface area contributed by atoms with Crippen LogP contribution in [0.1, 0.15) is 5.69 Å². The Morgan fingerprint density at radius 2 is 1.69 bits per heavy atom. The number of sulfonamides is 1. The third-order valence-corrected chi connectivity index (χ3v) is 5.84. The smallest absolute Gasteiger partial charge is 0.292 e. The maximum absolute atomic E-state index is 12.9. The first kappa shape index (κ1) is 20.2. The van der Waals surface area contributed by atoms with Gasteiger partial charge in [-0.3, -0.25) is 9.36 Å². The summed E-state index contributed by atoms with van der Waals surface area (Å²) in [6.45, 7) is 0. The van der Waals surface area contributed by atoms with Gasteiger partial charge in [0.1, 0.15) is 10.6 Å². The molecule has 26 heavy (non-hydrogen) atoms. The first-order valence-corrected chi connectivity index (χ1v) is 8.73. The second kappa shape index (κ2) is 6.56. The van der Waals surface area contributed by atoms with Crippen molar-refractivity contribution in [1.29, 1.82) is 0 Å². The third kappa shape index (κ3) is 3.41. The van der Waals surface area contributed by atoms with Gasteiger partial charge in [0.2, 0.25) is 10.0 Å². The van der Waals surface area contributed by atoms with E-state index in [1.807, 2.05) is 0 Å². The molecular formula is C14H13ClF3N3O4S. The van der Waals surface area contributed by atoms with Gasteiger partial charge in [0.15, 0.2) is 0 Å². The number of nitrogens with zero attached hydrogens (tertiary/aromatic N) is 3. The van der Waals surface area contributed by atoms with E-state index < -0.39 is 38.0 Å². The van der Waals surface area contributed by atoms with Crippen molar-refractivity contribution in [3.63, 3.8) is 0 Å². The van der Waals surface area contributed by atoms with E-state index in [9.17, 15) is 31.2 Å². The Morgan fingerprint density at radius 1 is 1.12 bits per heavy atom. The molecule has 0 aliphatic rings. The molecule has 7 nitrogen and oxygen atoms in total. The van der Waals surface area contributed by atoms with E-state index in [0.717, 1.165) is 29.6 Å². The zero-order valence-electron chi connectivity index (χ0n) is 13.7. The van der Waals surface area contributed by atoms with Crippen LogP contribution in [0, 0.1) is 0 Å². The largest absolute Gasteiger partial charge is 0.431 e. The molecule has 1 aromatic carbocycles. The van der Waals surface area contributed by atoms with Crippen molar-refractivity contribution >= 4 is 21.6 Å². The van der Waals surface area contributed by atoms with Crippen LogP contribution >= 0.6 is 11.6 Å². The lowest BCUT2D eigenvalue weighted by Crippen LogP contribution is -2.40. The molecule has 142 valence electrons. The summed E-state index contributed by atoms with van der Waals surface area (Å²) in [4.78, 5) is 24.0. The molecule has 2 rings (SSSR count). The van der Waals surface area contributed by atoms with Gasteiger partial charge in [-0.25, -0.2) is 22.1 Å². The number of rotatable bonds is 3. The monoisotopic (exact) mass is 411 g/mol. The van der Waals surface area contributed by atoms with Gasteiger partial charge in [-0.15, -0.1) is 0 Å². The molecule has 1 heterocycles. The second-order valence-corrected chi connectivity index (χ2v) is 7.97. The van der Waals surface area contributed by atoms with Crippen LogP contribution in [0.3, 0.4) is 0 Å². The zero-order valence-corrected chi connectivity index (χ0v) is 15.3. The van der Waals surface area contributed by atoms with E-state index >= 15 is 0 Å². The van der Waals surface area contributed by atoms with E-state index in [0.29, 0.717) is 4.57 Å². The molecule has 0 saturated heterocycles. The standard InChI is InChI=1S/C14H13ClF3N3O4S/c1-19(2)26(24,25)10-6-8(4-5-9(10)15)21-12(22)7-11(14(16,17)18)20(3)13(21)23/h4-7H,1-3H3. The first-order chi connectivity index (χ1) is 11.8. The van der Waals surface area contributed by atoms with Gasteiger partial charge in [0.05, 0.1) is 10.7 Å². The van der Waals surface area contributed by atoms with Gasteiger partial charge in [-0.05, 0) is 18.2 Å². The molecule has 0 unspecified atom stereocenters. The Labute approximate surface area is 150 Å². The van der Waals surface area contributed by atoms with E-state index in [2.05, 4.69) is 0 Å². The highest BCUT2D eigenvalue weighted by atomic mass is 35.5. The molecule has 0 aliphatic carbocycles. The summed E-state index contributed by atoms with van der Waals surface area (Å²) in [6, 6.07) is 3.51. The molecular weight excluding hydrogens is 399 g/mol. The third-order valence-electron chi connectivity index (χ3n) is 3.54. The van der Waals surface area contributed by atoms with Crippen LogP contribution in [-0.2, 0) is 23.2 Å². The summed E-state index contributed by atoms with van der Waals surface area (Å²) in [5.41, 5.74) is -4.18. The summed E-state index contributed by atoms with van der Waals surface area (Å²) in [5.74, 6) is 0. The fourth-order valence-corrected chi connectivity index (χ4v) is 3.55. The summed E-state index contributed by atoms with van der Waals surface area (Å²) in [5, 5.41) is -0.167. The molecule has 12 heteroatoms. The van der Waals surface area contributed by atoms with Crippen molar-refractivity contribution in [1.82, 2.24) is 13.4 Å². The van der Waals surface area contributed by atoms with Crippen LogP contribution in [-0.4, -0.2) is 36.0 Å². The molecule has 0 spiro atoms. The minimum absolute atomic E-state index is 0.167. The van der Waals surface area contributed by atoms with Crippen molar-refractivity contribution < 1.29 is 21.6 Å². The molecule has 0 N–H and O–H groups in total. The average Bonchev–Trinajstić information content (AvgIpc) is 2.51. The van der Waals surface area contributed by atoms with Crippen LogP contribution < -0.4 is 11.2 Å². The van der Waals surface area contributed by atoms with Crippen molar-refractivity contribution in [2.45, 2.75) is 11.1 Å². The minimum atomic E-state index is -4.90. The highest BCUT2D eigenvalue weighted by Crippen LogP contribution is 2.28. The Morgan fingerprint density at radius 3 is 2.19 bits per heavy atom. The Balaban J connectivity index is 2.82. The summed E-state index contributed by atoms with van der Waals surface area (Å²) >= 11 is 5.88. The van der Waals surface area contributed by atoms with Crippen LogP contribution in [0.25, 0.3) is 5.69 Å². The minimum Gasteiger partial charge on any atom is -0.292 e. The van der Waals surface area contributed by atoms with E-state index in [-0.39, 0.29) is 21.3 Å². The molecule has 2 aromatic rings. The quantitative estimate of drug-likeness (QED) is 0.765. The van der Waals surface area contributed by atoms with Crippen LogP contribution in [0.2, 0.25) is 5.02 Å². The predicted molar refractivity (Wildman–Crippen MR) is 88.2 cm³/mol. The topological polar surface area (TPSA) is 81.4 Å². The van der Waals surface area contributed by atoms with Crippen LogP contribution in [0.5, 0.6) is 0 Å². The summed E-state index contributed by atoms with van der Waals surface area (Å²) in [7, 11) is -0.649. The highest BCUT2D eigenvalue weighted by molar-refractivity contribution is 7.89. The summed E-state index contributed by atoms with van der Waals surface area (Å²) < 4.78 is 64.8. The molecule has 0 atom stereocenters. The maximum atomic E-state index is 12.9. The number of alkyl halides is 3. The number of benzene rings is 1. The number of aromatic nitrogens is 2. The molecule has 0 bridgehead atoms. The number of hydrogen-bond acceptors (Lipinski definition) is 4. The fraction of sp³-hybridized carbons (Fsp3) is 0.286. The van der Waals surface area contributed by atoms with Gasteiger partial charge in [-0.2, -0.15) is 13.2 Å². The number of hydrogen-bond donors (Lipinski definition) is 0. The van der Waals surface area contributed by atoms with Crippen molar-refractivity contribution in [2.24, 2.45) is 7.05 Å². The van der Waals surface area contributed by atoms with Crippen molar-refractivity contribution in [3.8, 4) is 5.69 Å². The van der Waals surface area contributed by atoms with Crippen LogP contribution in [0.15, 0.2) is 38.8 Å². The predicted octanol–water partition coefficient (Wildman–Crippen LogP) is 1.46. The lowest BCUT2D eigenvalue weighted by molar-refractivity contribution is -0.144. The first-order valence-electron chi connectivity index (χ1n) is 6.91. The lowest BCUT2D eigenvalue weighted by atomic mass is 10.3. The van der Waals surface area contributed by atoms with E-state index in [1.165, 1.54) is 14.1 Å². The molecule has 0 saturated carbocycles. The van der Waals surface area contributed by atoms with Crippen LogP contribution in [0.4, 0.5) is 13.2 Å². The molecule has 0 fully saturated rings.